The fourth-order valence-corrected chi connectivity index (χ4v) is 2.75. The van der Waals surface area contributed by atoms with Gasteiger partial charge >= 0.3 is 5.97 Å². The molecule has 2 saturated carbocycles. The minimum absolute atomic E-state index is 0.0390. The quantitative estimate of drug-likeness (QED) is 0.661. The summed E-state index contributed by atoms with van der Waals surface area (Å²) in [5.41, 5.74) is 0. The van der Waals surface area contributed by atoms with Crippen molar-refractivity contribution in [2.45, 2.75) is 45.1 Å². The standard InChI is InChI=1S/C14H22N2O4/c1-8-6-11(8)13(18)15-5-4-12(17)16-10-3-2-9(7-10)14(19)20/h8-11H,2-7H2,1H3,(H,15,18)(H,16,17)(H,19,20). The first-order chi connectivity index (χ1) is 9.47. The van der Waals surface area contributed by atoms with Crippen molar-refractivity contribution in [3.05, 3.63) is 0 Å². The van der Waals surface area contributed by atoms with Crippen molar-refractivity contribution in [1.82, 2.24) is 10.6 Å². The predicted octanol–water partition coefficient (Wildman–Crippen LogP) is 0.518. The number of hydrogen-bond acceptors (Lipinski definition) is 3. The highest BCUT2D eigenvalue weighted by Gasteiger charge is 2.38. The van der Waals surface area contributed by atoms with Crippen molar-refractivity contribution in [3.8, 4) is 0 Å². The smallest absolute Gasteiger partial charge is 0.306 e. The van der Waals surface area contributed by atoms with E-state index >= 15 is 0 Å². The van der Waals surface area contributed by atoms with E-state index in [4.69, 9.17) is 5.11 Å². The normalized spacial score (nSPS) is 31.6. The molecule has 2 aliphatic carbocycles. The summed E-state index contributed by atoms with van der Waals surface area (Å²) in [7, 11) is 0. The Kier molecular flexibility index (Phi) is 4.62. The molecule has 2 rings (SSSR count). The number of carbonyl (C=O) groups excluding carboxylic acids is 2. The number of carboxylic acid groups (broad SMARTS) is 1. The first-order valence-electron chi connectivity index (χ1n) is 7.27. The number of carbonyl (C=O) groups is 3. The summed E-state index contributed by atoms with van der Waals surface area (Å²) in [5, 5.41) is 14.5. The van der Waals surface area contributed by atoms with Crippen molar-refractivity contribution in [3.63, 3.8) is 0 Å². The van der Waals surface area contributed by atoms with E-state index in [0.29, 0.717) is 31.7 Å². The molecule has 6 nitrogen and oxygen atoms in total. The van der Waals surface area contributed by atoms with E-state index in [2.05, 4.69) is 10.6 Å². The van der Waals surface area contributed by atoms with Crippen LogP contribution in [-0.4, -0.2) is 35.5 Å². The molecule has 2 aliphatic rings. The topological polar surface area (TPSA) is 95.5 Å². The van der Waals surface area contributed by atoms with Crippen LogP contribution in [0.25, 0.3) is 0 Å². The van der Waals surface area contributed by atoms with Crippen LogP contribution < -0.4 is 10.6 Å². The van der Waals surface area contributed by atoms with E-state index in [0.717, 1.165) is 6.42 Å². The van der Waals surface area contributed by atoms with Crippen LogP contribution >= 0.6 is 0 Å². The second kappa shape index (κ2) is 6.24. The molecule has 4 atom stereocenters. The van der Waals surface area contributed by atoms with E-state index in [1.165, 1.54) is 0 Å². The highest BCUT2D eigenvalue weighted by atomic mass is 16.4. The zero-order valence-electron chi connectivity index (χ0n) is 11.7. The maximum Gasteiger partial charge on any atom is 0.306 e. The minimum Gasteiger partial charge on any atom is -0.481 e. The Labute approximate surface area is 118 Å². The number of hydrogen-bond donors (Lipinski definition) is 3. The van der Waals surface area contributed by atoms with Gasteiger partial charge in [0.15, 0.2) is 0 Å². The molecule has 4 unspecified atom stereocenters. The number of rotatable bonds is 6. The van der Waals surface area contributed by atoms with Gasteiger partial charge in [-0.2, -0.15) is 0 Å². The molecule has 0 aliphatic heterocycles. The Morgan fingerprint density at radius 3 is 2.45 bits per heavy atom. The average Bonchev–Trinajstić information content (AvgIpc) is 2.92. The summed E-state index contributed by atoms with van der Waals surface area (Å²) >= 11 is 0. The van der Waals surface area contributed by atoms with Crippen LogP contribution in [0.5, 0.6) is 0 Å². The highest BCUT2D eigenvalue weighted by molar-refractivity contribution is 5.82. The fraction of sp³-hybridized carbons (Fsp3) is 0.786. The molecular formula is C14H22N2O4. The maximum absolute atomic E-state index is 11.7. The summed E-state index contributed by atoms with van der Waals surface area (Å²) in [6, 6.07) is -0.0391. The number of nitrogens with one attached hydrogen (secondary N) is 2. The zero-order valence-corrected chi connectivity index (χ0v) is 11.7. The molecule has 6 heteroatoms. The largest absolute Gasteiger partial charge is 0.481 e. The predicted molar refractivity (Wildman–Crippen MR) is 71.8 cm³/mol. The van der Waals surface area contributed by atoms with E-state index in [-0.39, 0.29) is 36.1 Å². The number of amides is 2. The van der Waals surface area contributed by atoms with Gasteiger partial charge in [-0.25, -0.2) is 0 Å². The molecule has 0 aromatic heterocycles. The monoisotopic (exact) mass is 282 g/mol. The molecule has 112 valence electrons. The molecule has 0 heterocycles. The third kappa shape index (κ3) is 3.95. The van der Waals surface area contributed by atoms with Gasteiger partial charge in [0.25, 0.3) is 0 Å². The SMILES string of the molecule is CC1CC1C(=O)NCCC(=O)NC1CCC(C(=O)O)C1. The van der Waals surface area contributed by atoms with Gasteiger partial charge in [-0.1, -0.05) is 6.92 Å². The van der Waals surface area contributed by atoms with Crippen molar-refractivity contribution in [2.24, 2.45) is 17.8 Å². The summed E-state index contributed by atoms with van der Waals surface area (Å²) < 4.78 is 0. The van der Waals surface area contributed by atoms with Gasteiger partial charge < -0.3 is 15.7 Å². The third-order valence-electron chi connectivity index (χ3n) is 4.24. The fourth-order valence-electron chi connectivity index (χ4n) is 2.75. The molecule has 0 radical (unpaired) electrons. The molecule has 0 spiro atoms. The van der Waals surface area contributed by atoms with Gasteiger partial charge in [-0.15, -0.1) is 0 Å². The van der Waals surface area contributed by atoms with Crippen molar-refractivity contribution in [1.29, 1.82) is 0 Å². The lowest BCUT2D eigenvalue weighted by Gasteiger charge is -2.12. The summed E-state index contributed by atoms with van der Waals surface area (Å²) in [5.74, 6) is -0.606. The van der Waals surface area contributed by atoms with Crippen LogP contribution in [0.2, 0.25) is 0 Å². The minimum atomic E-state index is -0.785. The molecule has 2 amide bonds. The first-order valence-corrected chi connectivity index (χ1v) is 7.27. The molecule has 0 bridgehead atoms. The third-order valence-corrected chi connectivity index (χ3v) is 4.24. The lowest BCUT2D eigenvalue weighted by atomic mass is 10.1. The molecule has 2 fully saturated rings. The Balaban J connectivity index is 1.59. The van der Waals surface area contributed by atoms with Crippen molar-refractivity contribution in [2.75, 3.05) is 6.54 Å². The summed E-state index contributed by atoms with van der Waals surface area (Å²) in [4.78, 5) is 34.1. The molecule has 0 saturated heterocycles. The highest BCUT2D eigenvalue weighted by Crippen LogP contribution is 2.37. The van der Waals surface area contributed by atoms with E-state index in [9.17, 15) is 14.4 Å². The van der Waals surface area contributed by atoms with Gasteiger partial charge in [0.1, 0.15) is 0 Å². The Bertz CT molecular complexity index is 410. The van der Waals surface area contributed by atoms with Crippen molar-refractivity contribution >= 4 is 17.8 Å². The zero-order chi connectivity index (χ0) is 14.7. The maximum atomic E-state index is 11.7. The van der Waals surface area contributed by atoms with Gasteiger partial charge in [-0.05, 0) is 31.6 Å². The molecule has 0 aromatic rings. The second-order valence-corrected chi connectivity index (χ2v) is 5.97. The Hall–Kier alpha value is -1.59. The molecular weight excluding hydrogens is 260 g/mol. The average molecular weight is 282 g/mol. The first kappa shape index (κ1) is 14.8. The molecule has 20 heavy (non-hydrogen) atoms. The summed E-state index contributed by atoms with van der Waals surface area (Å²) in [6.45, 7) is 2.39. The lowest BCUT2D eigenvalue weighted by molar-refractivity contribution is -0.141. The van der Waals surface area contributed by atoms with Gasteiger partial charge in [0.05, 0.1) is 5.92 Å². The van der Waals surface area contributed by atoms with E-state index in [1.54, 1.807) is 0 Å². The molecule has 3 N–H and O–H groups in total. The Morgan fingerprint density at radius 2 is 1.90 bits per heavy atom. The van der Waals surface area contributed by atoms with E-state index < -0.39 is 5.97 Å². The van der Waals surface area contributed by atoms with Crippen LogP contribution in [0.4, 0.5) is 0 Å². The van der Waals surface area contributed by atoms with Crippen LogP contribution in [-0.2, 0) is 14.4 Å². The van der Waals surface area contributed by atoms with Crippen LogP contribution in [0.15, 0.2) is 0 Å². The summed E-state index contributed by atoms with van der Waals surface area (Å²) in [6.07, 6.45) is 3.04. The van der Waals surface area contributed by atoms with E-state index in [1.807, 2.05) is 6.92 Å². The second-order valence-electron chi connectivity index (χ2n) is 5.97. The van der Waals surface area contributed by atoms with Gasteiger partial charge in [0, 0.05) is 24.9 Å². The van der Waals surface area contributed by atoms with Gasteiger partial charge in [0.2, 0.25) is 11.8 Å². The Morgan fingerprint density at radius 1 is 1.20 bits per heavy atom. The lowest BCUT2D eigenvalue weighted by Crippen LogP contribution is -2.36. The number of aliphatic carboxylic acids is 1. The number of carboxylic acids is 1. The van der Waals surface area contributed by atoms with Crippen LogP contribution in [0, 0.1) is 17.8 Å². The molecule has 0 aromatic carbocycles. The van der Waals surface area contributed by atoms with Crippen LogP contribution in [0.1, 0.15) is 39.0 Å². The van der Waals surface area contributed by atoms with Crippen LogP contribution in [0.3, 0.4) is 0 Å². The van der Waals surface area contributed by atoms with Gasteiger partial charge in [-0.3, -0.25) is 14.4 Å². The van der Waals surface area contributed by atoms with Crippen molar-refractivity contribution < 1.29 is 19.5 Å².